The van der Waals surface area contributed by atoms with E-state index in [4.69, 9.17) is 61.5 Å². The van der Waals surface area contributed by atoms with Crippen LogP contribution >= 0.6 is 34.8 Å². The molecule has 1 unspecified atom stereocenters. The van der Waals surface area contributed by atoms with Crippen molar-refractivity contribution < 1.29 is 9.13 Å². The summed E-state index contributed by atoms with van der Waals surface area (Å²) in [5, 5.41) is 26.1. The lowest BCUT2D eigenvalue weighted by molar-refractivity contribution is 0.187. The van der Waals surface area contributed by atoms with Crippen molar-refractivity contribution >= 4 is 58.0 Å². The van der Waals surface area contributed by atoms with Gasteiger partial charge < -0.3 is 10.5 Å². The maximum atomic E-state index is 13.9. The Hall–Kier alpha value is -3.04. The van der Waals surface area contributed by atoms with E-state index in [0.29, 0.717) is 46.1 Å². The predicted molar refractivity (Wildman–Crippen MR) is 146 cm³/mol. The van der Waals surface area contributed by atoms with Gasteiger partial charge in [0.1, 0.15) is 11.0 Å². The number of hydrogen-bond acceptors (Lipinski definition) is 7. The van der Waals surface area contributed by atoms with Gasteiger partial charge in [0.15, 0.2) is 5.90 Å². The Morgan fingerprint density at radius 2 is 1.84 bits per heavy atom. The van der Waals surface area contributed by atoms with Gasteiger partial charge >= 0.3 is 0 Å². The lowest BCUT2D eigenvalue weighted by Gasteiger charge is -2.32. The molecule has 0 saturated carbocycles. The number of benzene rings is 2. The smallest absolute Gasteiger partial charge is 0.220 e. The SMILES string of the molecule is N=C(OC(=N)C1CCCN(Cc2cc(F)c(Cl)cc2Cl)C1)c1ccc(N)c(C(=N)c2ccnc(Cl)c2)c1. The van der Waals surface area contributed by atoms with Gasteiger partial charge in [0.05, 0.1) is 10.7 Å². The largest absolute Gasteiger partial charge is 0.425 e. The summed E-state index contributed by atoms with van der Waals surface area (Å²) in [6, 6.07) is 10.7. The summed E-state index contributed by atoms with van der Waals surface area (Å²) >= 11 is 18.0. The van der Waals surface area contributed by atoms with Gasteiger partial charge in [-0.15, -0.1) is 0 Å². The third-order valence-corrected chi connectivity index (χ3v) is 7.02. The predicted octanol–water partition coefficient (Wildman–Crippen LogP) is 6.41. The maximum absolute atomic E-state index is 13.9. The van der Waals surface area contributed by atoms with Gasteiger partial charge in [-0.3, -0.25) is 21.1 Å². The van der Waals surface area contributed by atoms with Crippen LogP contribution in [0.25, 0.3) is 0 Å². The van der Waals surface area contributed by atoms with Gasteiger partial charge in [0.25, 0.3) is 0 Å². The van der Waals surface area contributed by atoms with Crippen LogP contribution < -0.4 is 5.73 Å². The zero-order chi connectivity index (χ0) is 26.7. The van der Waals surface area contributed by atoms with Crippen LogP contribution in [0, 0.1) is 28.0 Å². The summed E-state index contributed by atoms with van der Waals surface area (Å²) in [4.78, 5) is 6.01. The van der Waals surface area contributed by atoms with Crippen molar-refractivity contribution in [3.63, 3.8) is 0 Å². The number of hydrogen-bond donors (Lipinski definition) is 4. The van der Waals surface area contributed by atoms with Crippen LogP contribution in [0.1, 0.15) is 35.1 Å². The molecule has 192 valence electrons. The molecule has 37 heavy (non-hydrogen) atoms. The van der Waals surface area contributed by atoms with Crippen LogP contribution in [0.15, 0.2) is 48.7 Å². The number of nitrogen functional groups attached to an aromatic ring is 1. The van der Waals surface area contributed by atoms with Gasteiger partial charge in [-0.25, -0.2) is 9.37 Å². The molecule has 2 aromatic carbocycles. The zero-order valence-electron chi connectivity index (χ0n) is 19.6. The first-order chi connectivity index (χ1) is 17.6. The second-order valence-corrected chi connectivity index (χ2v) is 9.97. The molecule has 0 amide bonds. The quantitative estimate of drug-likeness (QED) is 0.0913. The lowest BCUT2D eigenvalue weighted by Crippen LogP contribution is -2.39. The molecule has 2 heterocycles. The molecule has 5 N–H and O–H groups in total. The number of rotatable bonds is 6. The number of halogens is 4. The lowest BCUT2D eigenvalue weighted by atomic mass is 9.97. The molecule has 1 saturated heterocycles. The molecule has 1 aliphatic heterocycles. The highest BCUT2D eigenvalue weighted by Crippen LogP contribution is 2.28. The van der Waals surface area contributed by atoms with E-state index in [2.05, 4.69) is 9.88 Å². The van der Waals surface area contributed by atoms with Crippen molar-refractivity contribution in [2.45, 2.75) is 19.4 Å². The Morgan fingerprint density at radius 3 is 2.59 bits per heavy atom. The molecule has 0 aliphatic carbocycles. The Morgan fingerprint density at radius 1 is 1.05 bits per heavy atom. The second-order valence-electron chi connectivity index (χ2n) is 8.77. The van der Waals surface area contributed by atoms with Gasteiger partial charge in [-0.1, -0.05) is 34.8 Å². The van der Waals surface area contributed by atoms with Crippen LogP contribution in [0.4, 0.5) is 10.1 Å². The molecule has 4 rings (SSSR count). The van der Waals surface area contributed by atoms with E-state index >= 15 is 0 Å². The highest BCUT2D eigenvalue weighted by Gasteiger charge is 2.26. The Bertz CT molecular complexity index is 1380. The molecule has 0 spiro atoms. The molecule has 1 fully saturated rings. The van der Waals surface area contributed by atoms with Crippen LogP contribution in [-0.4, -0.2) is 40.5 Å². The first kappa shape index (κ1) is 27.0. The number of nitrogens with one attached hydrogen (secondary N) is 3. The topological polar surface area (TPSA) is 123 Å². The van der Waals surface area contributed by atoms with Gasteiger partial charge in [0.2, 0.25) is 5.90 Å². The summed E-state index contributed by atoms with van der Waals surface area (Å²) in [5.74, 6) is -1.01. The summed E-state index contributed by atoms with van der Waals surface area (Å²) in [6.07, 6.45) is 3.05. The summed E-state index contributed by atoms with van der Waals surface area (Å²) in [6.45, 7) is 1.69. The Kier molecular flexibility index (Phi) is 8.44. The fourth-order valence-corrected chi connectivity index (χ4v) is 4.84. The van der Waals surface area contributed by atoms with E-state index in [0.717, 1.165) is 19.4 Å². The van der Waals surface area contributed by atoms with Crippen molar-refractivity contribution in [2.75, 3.05) is 18.8 Å². The number of ether oxygens (including phenoxy) is 1. The number of likely N-dealkylation sites (tertiary alicyclic amines) is 1. The highest BCUT2D eigenvalue weighted by molar-refractivity contribution is 6.35. The molecule has 11 heteroatoms. The summed E-state index contributed by atoms with van der Waals surface area (Å²) in [7, 11) is 0. The van der Waals surface area contributed by atoms with Gasteiger partial charge in [0, 0.05) is 52.6 Å². The average molecular weight is 562 g/mol. The normalized spacial score (nSPS) is 15.8. The average Bonchev–Trinajstić information content (AvgIpc) is 2.87. The molecule has 7 nitrogen and oxygen atoms in total. The van der Waals surface area contributed by atoms with E-state index in [1.807, 2.05) is 0 Å². The van der Waals surface area contributed by atoms with E-state index in [-0.39, 0.29) is 33.6 Å². The fourth-order valence-electron chi connectivity index (χ4n) is 4.22. The van der Waals surface area contributed by atoms with E-state index < -0.39 is 5.82 Å². The summed E-state index contributed by atoms with van der Waals surface area (Å²) in [5.41, 5.74) is 8.55. The molecule has 1 atom stereocenters. The van der Waals surface area contributed by atoms with E-state index in [1.165, 1.54) is 18.3 Å². The molecule has 1 aliphatic rings. The minimum absolute atomic E-state index is 0.0236. The highest BCUT2D eigenvalue weighted by atomic mass is 35.5. The van der Waals surface area contributed by atoms with Crippen LogP contribution in [0.3, 0.4) is 0 Å². The fraction of sp³-hybridized carbons (Fsp3) is 0.231. The number of piperidine rings is 1. The second kappa shape index (κ2) is 11.6. The van der Waals surface area contributed by atoms with E-state index in [9.17, 15) is 4.39 Å². The molecule has 1 aromatic heterocycles. The van der Waals surface area contributed by atoms with Crippen LogP contribution in [0.5, 0.6) is 0 Å². The standard InChI is InChI=1S/C26H24Cl3FN6O/c27-19-11-20(28)21(30)9-17(19)13-36-7-1-2-16(12-36)26(34)37-25(33)15-3-4-22(31)18(8-15)24(32)14-5-6-35-23(29)10-14/h3-6,8-11,16,32-34H,1-2,7,12-13,31H2. The number of aromatic nitrogens is 1. The van der Waals surface area contributed by atoms with E-state index in [1.54, 1.807) is 30.3 Å². The third-order valence-electron chi connectivity index (χ3n) is 6.17. The number of nitrogens with zero attached hydrogens (tertiary/aromatic N) is 2. The third kappa shape index (κ3) is 6.45. The maximum Gasteiger partial charge on any atom is 0.220 e. The molecule has 0 bridgehead atoms. The van der Waals surface area contributed by atoms with Crippen molar-refractivity contribution in [2.24, 2.45) is 5.92 Å². The van der Waals surface area contributed by atoms with Gasteiger partial charge in [-0.2, -0.15) is 0 Å². The minimum atomic E-state index is -0.526. The van der Waals surface area contributed by atoms with Gasteiger partial charge in [-0.05, 0) is 67.4 Å². The molecular formula is C26H24Cl3FN6O. The first-order valence-corrected chi connectivity index (χ1v) is 12.6. The number of nitrogens with two attached hydrogens (primary N) is 1. The Balaban J connectivity index is 1.43. The number of anilines is 1. The minimum Gasteiger partial charge on any atom is -0.425 e. The summed E-state index contributed by atoms with van der Waals surface area (Å²) < 4.78 is 19.6. The molecule has 0 radical (unpaired) electrons. The Labute approximate surface area is 228 Å². The van der Waals surface area contributed by atoms with Crippen molar-refractivity contribution in [3.05, 3.63) is 91.9 Å². The first-order valence-electron chi connectivity index (χ1n) is 11.4. The van der Waals surface area contributed by atoms with Crippen molar-refractivity contribution in [1.29, 1.82) is 16.2 Å². The zero-order valence-corrected chi connectivity index (χ0v) is 21.9. The van der Waals surface area contributed by atoms with Crippen molar-refractivity contribution in [1.82, 2.24) is 9.88 Å². The monoisotopic (exact) mass is 560 g/mol. The molecular weight excluding hydrogens is 538 g/mol. The number of pyridine rings is 1. The van der Waals surface area contributed by atoms with Crippen LogP contribution in [0.2, 0.25) is 15.2 Å². The van der Waals surface area contributed by atoms with Crippen LogP contribution in [-0.2, 0) is 11.3 Å². The van der Waals surface area contributed by atoms with Crippen molar-refractivity contribution in [3.8, 4) is 0 Å². The molecule has 3 aromatic rings.